The zero-order chi connectivity index (χ0) is 10.4. The van der Waals surface area contributed by atoms with Crippen LogP contribution in [0.15, 0.2) is 0 Å². The SMILES string of the molecule is CCC(C)CC1(OCCO)CCCC1. The lowest BCUT2D eigenvalue weighted by atomic mass is 9.88. The molecule has 0 bridgehead atoms. The standard InChI is InChI=1S/C12H24O2/c1-3-11(2)10-12(14-9-8-13)6-4-5-7-12/h11,13H,3-10H2,1-2H3. The zero-order valence-electron chi connectivity index (χ0n) is 9.59. The van der Waals surface area contributed by atoms with Crippen LogP contribution < -0.4 is 0 Å². The Hall–Kier alpha value is -0.0800. The van der Waals surface area contributed by atoms with Gasteiger partial charge >= 0.3 is 0 Å². The summed E-state index contributed by atoms with van der Waals surface area (Å²) >= 11 is 0. The van der Waals surface area contributed by atoms with E-state index < -0.39 is 0 Å². The van der Waals surface area contributed by atoms with E-state index in [0.717, 1.165) is 5.92 Å². The minimum Gasteiger partial charge on any atom is -0.394 e. The normalized spacial score (nSPS) is 22.5. The van der Waals surface area contributed by atoms with Gasteiger partial charge in [0.1, 0.15) is 0 Å². The van der Waals surface area contributed by atoms with Crippen LogP contribution in [0, 0.1) is 5.92 Å². The second-order valence-electron chi connectivity index (χ2n) is 4.68. The van der Waals surface area contributed by atoms with E-state index in [9.17, 15) is 0 Å². The molecule has 2 nitrogen and oxygen atoms in total. The molecular formula is C12H24O2. The molecule has 0 aliphatic heterocycles. The van der Waals surface area contributed by atoms with Crippen LogP contribution in [-0.4, -0.2) is 23.9 Å². The van der Waals surface area contributed by atoms with Crippen molar-refractivity contribution in [2.45, 2.75) is 58.0 Å². The summed E-state index contributed by atoms with van der Waals surface area (Å²) in [6.45, 7) is 5.19. The molecule has 1 aliphatic carbocycles. The van der Waals surface area contributed by atoms with Gasteiger partial charge in [0, 0.05) is 0 Å². The molecule has 2 heteroatoms. The third-order valence-corrected chi connectivity index (χ3v) is 3.43. The summed E-state index contributed by atoms with van der Waals surface area (Å²) in [7, 11) is 0. The minimum atomic E-state index is 0.109. The topological polar surface area (TPSA) is 29.5 Å². The lowest BCUT2D eigenvalue weighted by molar-refractivity contribution is -0.0671. The summed E-state index contributed by atoms with van der Waals surface area (Å²) in [5.41, 5.74) is 0.109. The number of hydrogen-bond donors (Lipinski definition) is 1. The van der Waals surface area contributed by atoms with Crippen molar-refractivity contribution in [3.8, 4) is 0 Å². The van der Waals surface area contributed by atoms with Gasteiger partial charge in [-0.3, -0.25) is 0 Å². The van der Waals surface area contributed by atoms with E-state index in [1.807, 2.05) is 0 Å². The van der Waals surface area contributed by atoms with E-state index in [0.29, 0.717) is 6.61 Å². The highest BCUT2D eigenvalue weighted by Crippen LogP contribution is 2.38. The van der Waals surface area contributed by atoms with Gasteiger partial charge in [-0.05, 0) is 25.2 Å². The van der Waals surface area contributed by atoms with Gasteiger partial charge in [-0.1, -0.05) is 33.1 Å². The smallest absolute Gasteiger partial charge is 0.0705 e. The summed E-state index contributed by atoms with van der Waals surface area (Å²) in [5, 5.41) is 8.81. The average Bonchev–Trinajstić information content (AvgIpc) is 2.64. The summed E-state index contributed by atoms with van der Waals surface area (Å²) in [4.78, 5) is 0. The third-order valence-electron chi connectivity index (χ3n) is 3.43. The molecule has 1 fully saturated rings. The van der Waals surface area contributed by atoms with Crippen molar-refractivity contribution in [2.75, 3.05) is 13.2 Å². The van der Waals surface area contributed by atoms with Crippen LogP contribution in [-0.2, 0) is 4.74 Å². The molecule has 1 rings (SSSR count). The third kappa shape index (κ3) is 3.25. The largest absolute Gasteiger partial charge is 0.394 e. The predicted molar refractivity (Wildman–Crippen MR) is 58.3 cm³/mol. The van der Waals surface area contributed by atoms with Crippen molar-refractivity contribution in [3.63, 3.8) is 0 Å². The van der Waals surface area contributed by atoms with Crippen molar-refractivity contribution < 1.29 is 9.84 Å². The van der Waals surface area contributed by atoms with Gasteiger partial charge in [-0.2, -0.15) is 0 Å². The van der Waals surface area contributed by atoms with E-state index in [1.165, 1.54) is 38.5 Å². The van der Waals surface area contributed by atoms with E-state index in [2.05, 4.69) is 13.8 Å². The Bertz CT molecular complexity index is 150. The monoisotopic (exact) mass is 200 g/mol. The number of hydrogen-bond acceptors (Lipinski definition) is 2. The van der Waals surface area contributed by atoms with Crippen molar-refractivity contribution in [1.29, 1.82) is 0 Å². The van der Waals surface area contributed by atoms with Crippen molar-refractivity contribution in [2.24, 2.45) is 5.92 Å². The first kappa shape index (κ1) is 12.0. The molecular weight excluding hydrogens is 176 g/mol. The Kier molecular flexibility index (Phi) is 4.90. The van der Waals surface area contributed by atoms with E-state index >= 15 is 0 Å². The first-order valence-electron chi connectivity index (χ1n) is 5.97. The molecule has 0 aromatic rings. The molecule has 0 heterocycles. The molecule has 1 N–H and O–H groups in total. The maximum absolute atomic E-state index is 8.81. The van der Waals surface area contributed by atoms with Gasteiger partial charge in [-0.15, -0.1) is 0 Å². The van der Waals surface area contributed by atoms with Crippen LogP contribution in [0.4, 0.5) is 0 Å². The highest BCUT2D eigenvalue weighted by molar-refractivity contribution is 4.87. The molecule has 0 aromatic heterocycles. The predicted octanol–water partition coefficient (Wildman–Crippen LogP) is 2.74. The fourth-order valence-electron chi connectivity index (χ4n) is 2.47. The zero-order valence-corrected chi connectivity index (χ0v) is 9.59. The van der Waals surface area contributed by atoms with E-state index in [4.69, 9.17) is 9.84 Å². The molecule has 1 unspecified atom stereocenters. The van der Waals surface area contributed by atoms with Crippen molar-refractivity contribution in [1.82, 2.24) is 0 Å². The van der Waals surface area contributed by atoms with Crippen LogP contribution in [0.2, 0.25) is 0 Å². The summed E-state index contributed by atoms with van der Waals surface area (Å²) in [5.74, 6) is 0.742. The molecule has 1 aliphatic rings. The lowest BCUT2D eigenvalue weighted by Gasteiger charge is -2.31. The summed E-state index contributed by atoms with van der Waals surface area (Å²) in [6.07, 6.45) is 7.37. The average molecular weight is 200 g/mol. The fourth-order valence-corrected chi connectivity index (χ4v) is 2.47. The molecule has 0 saturated heterocycles. The first-order valence-corrected chi connectivity index (χ1v) is 5.97. The second-order valence-corrected chi connectivity index (χ2v) is 4.68. The Morgan fingerprint density at radius 3 is 2.50 bits per heavy atom. The van der Waals surface area contributed by atoms with Crippen molar-refractivity contribution in [3.05, 3.63) is 0 Å². The van der Waals surface area contributed by atoms with Crippen LogP contribution in [0.3, 0.4) is 0 Å². The Balaban J connectivity index is 2.43. The van der Waals surface area contributed by atoms with Crippen LogP contribution in [0.5, 0.6) is 0 Å². The molecule has 14 heavy (non-hydrogen) atoms. The van der Waals surface area contributed by atoms with Gasteiger partial charge in [0.25, 0.3) is 0 Å². The Morgan fingerprint density at radius 2 is 2.00 bits per heavy atom. The highest BCUT2D eigenvalue weighted by Gasteiger charge is 2.35. The lowest BCUT2D eigenvalue weighted by Crippen LogP contribution is -2.32. The van der Waals surface area contributed by atoms with Crippen LogP contribution in [0.25, 0.3) is 0 Å². The highest BCUT2D eigenvalue weighted by atomic mass is 16.5. The maximum Gasteiger partial charge on any atom is 0.0705 e. The molecule has 0 amide bonds. The van der Waals surface area contributed by atoms with Gasteiger partial charge < -0.3 is 9.84 Å². The summed E-state index contributed by atoms with van der Waals surface area (Å²) < 4.78 is 5.86. The van der Waals surface area contributed by atoms with Crippen LogP contribution >= 0.6 is 0 Å². The van der Waals surface area contributed by atoms with Gasteiger partial charge in [0.15, 0.2) is 0 Å². The quantitative estimate of drug-likeness (QED) is 0.714. The molecule has 84 valence electrons. The first-order chi connectivity index (χ1) is 6.72. The number of ether oxygens (including phenoxy) is 1. The maximum atomic E-state index is 8.81. The fraction of sp³-hybridized carbons (Fsp3) is 1.00. The summed E-state index contributed by atoms with van der Waals surface area (Å²) in [6, 6.07) is 0. The van der Waals surface area contributed by atoms with Gasteiger partial charge in [0.05, 0.1) is 18.8 Å². The van der Waals surface area contributed by atoms with E-state index in [-0.39, 0.29) is 12.2 Å². The minimum absolute atomic E-state index is 0.109. The van der Waals surface area contributed by atoms with Crippen molar-refractivity contribution >= 4 is 0 Å². The Morgan fingerprint density at radius 1 is 1.36 bits per heavy atom. The van der Waals surface area contributed by atoms with Gasteiger partial charge in [-0.25, -0.2) is 0 Å². The number of rotatable bonds is 6. The molecule has 1 atom stereocenters. The number of aliphatic hydroxyl groups excluding tert-OH is 1. The van der Waals surface area contributed by atoms with Crippen LogP contribution in [0.1, 0.15) is 52.4 Å². The Labute approximate surface area is 87.7 Å². The second kappa shape index (κ2) is 5.72. The molecule has 0 aromatic carbocycles. The van der Waals surface area contributed by atoms with E-state index in [1.54, 1.807) is 0 Å². The molecule has 0 radical (unpaired) electrons. The molecule has 0 spiro atoms. The molecule has 1 saturated carbocycles. The van der Waals surface area contributed by atoms with Gasteiger partial charge in [0.2, 0.25) is 0 Å². The number of aliphatic hydroxyl groups is 1.